The highest BCUT2D eigenvalue weighted by molar-refractivity contribution is 6.10. The van der Waals surface area contributed by atoms with Crippen molar-refractivity contribution in [1.29, 1.82) is 0 Å². The van der Waals surface area contributed by atoms with Crippen LogP contribution in [0.4, 0.5) is 11.5 Å². The number of amides is 2. The van der Waals surface area contributed by atoms with E-state index >= 15 is 0 Å². The third-order valence-corrected chi connectivity index (χ3v) is 7.14. The molecular weight excluding hydrogens is 412 g/mol. The van der Waals surface area contributed by atoms with Gasteiger partial charge in [-0.15, -0.1) is 0 Å². The number of carbonyl (C=O) groups is 2. The first-order chi connectivity index (χ1) is 16.1. The molecule has 2 fully saturated rings. The molecule has 1 saturated heterocycles. The van der Waals surface area contributed by atoms with Crippen LogP contribution < -0.4 is 10.2 Å². The Hall–Kier alpha value is -3.54. The third kappa shape index (κ3) is 3.90. The molecule has 1 aliphatic heterocycles. The number of carbonyl (C=O) groups excluding carboxylic acids is 2. The van der Waals surface area contributed by atoms with Crippen LogP contribution in [-0.4, -0.2) is 36.6 Å². The molecule has 1 N–H and O–H groups in total. The summed E-state index contributed by atoms with van der Waals surface area (Å²) in [5.41, 5.74) is 1.25. The highest BCUT2D eigenvalue weighted by atomic mass is 16.2. The van der Waals surface area contributed by atoms with Crippen molar-refractivity contribution in [1.82, 2.24) is 4.98 Å². The van der Waals surface area contributed by atoms with Gasteiger partial charge < -0.3 is 10.2 Å². The lowest BCUT2D eigenvalue weighted by Crippen LogP contribution is -2.44. The number of nitrogens with one attached hydrogen (secondary N) is 1. The molecule has 3 aromatic rings. The number of rotatable bonds is 6. The predicted octanol–water partition coefficient (Wildman–Crippen LogP) is 4.64. The molecule has 33 heavy (non-hydrogen) atoms. The van der Waals surface area contributed by atoms with Crippen LogP contribution in [0.1, 0.15) is 31.2 Å². The second-order valence-corrected chi connectivity index (χ2v) is 9.02. The number of pyridine rings is 1. The summed E-state index contributed by atoms with van der Waals surface area (Å²) in [5, 5.41) is 5.10. The topological polar surface area (TPSA) is 74.7 Å². The number of benzene rings is 2. The molecule has 1 aromatic heterocycles. The number of aromatic nitrogens is 1. The molecule has 0 bridgehead atoms. The molecule has 1 atom stereocenters. The molecule has 0 radical (unpaired) electrons. The van der Waals surface area contributed by atoms with Gasteiger partial charge in [-0.05, 0) is 47.6 Å². The van der Waals surface area contributed by atoms with E-state index in [1.54, 1.807) is 19.3 Å². The number of nitrogens with zero attached hydrogens (tertiary/aromatic N) is 3. The normalized spacial score (nSPS) is 21.0. The third-order valence-electron chi connectivity index (χ3n) is 7.14. The number of aliphatic imine (C=N–C) groups is 1. The molecular formula is C27H28N4O2. The van der Waals surface area contributed by atoms with E-state index < -0.39 is 5.41 Å². The standard InChI is InChI=1S/C27H28N4O2/c1-28-18-27(21-9-5-10-21)13-15-31(26(27)33)22-12-14-29-24(17-22)30-25(32)16-20-8-4-7-19-6-2-3-11-23(19)20/h2-4,6-8,11-12,14,17-18,21H,5,9-10,13,15-16H2,1H3,(H,29,30,32)/b28-18+. The SMILES string of the molecule is C/N=C/C1(C2CCC2)CCN(c2ccnc(NC(=O)Cc3cccc4ccccc34)c2)C1=O. The van der Waals surface area contributed by atoms with E-state index in [2.05, 4.69) is 15.3 Å². The Morgan fingerprint density at radius 3 is 2.82 bits per heavy atom. The zero-order chi connectivity index (χ0) is 22.8. The van der Waals surface area contributed by atoms with Crippen LogP contribution in [0.15, 0.2) is 65.8 Å². The minimum Gasteiger partial charge on any atom is -0.311 e. The van der Waals surface area contributed by atoms with Crippen LogP contribution in [0.5, 0.6) is 0 Å². The van der Waals surface area contributed by atoms with E-state index in [9.17, 15) is 9.59 Å². The molecule has 1 unspecified atom stereocenters. The largest absolute Gasteiger partial charge is 0.311 e. The summed E-state index contributed by atoms with van der Waals surface area (Å²) in [7, 11) is 1.74. The lowest BCUT2D eigenvalue weighted by Gasteiger charge is -2.38. The Kier molecular flexibility index (Phi) is 5.67. The van der Waals surface area contributed by atoms with Crippen molar-refractivity contribution in [3.8, 4) is 0 Å². The summed E-state index contributed by atoms with van der Waals surface area (Å²) in [6.45, 7) is 0.648. The van der Waals surface area contributed by atoms with Gasteiger partial charge in [-0.1, -0.05) is 48.9 Å². The lowest BCUT2D eigenvalue weighted by molar-refractivity contribution is -0.125. The van der Waals surface area contributed by atoms with Gasteiger partial charge in [-0.25, -0.2) is 4.98 Å². The second kappa shape index (κ2) is 8.77. The highest BCUT2D eigenvalue weighted by Gasteiger charge is 2.52. The number of hydrogen-bond acceptors (Lipinski definition) is 4. The first kappa shape index (κ1) is 21.3. The minimum atomic E-state index is -0.492. The number of hydrogen-bond donors (Lipinski definition) is 1. The Labute approximate surface area is 193 Å². The maximum atomic E-state index is 13.5. The van der Waals surface area contributed by atoms with Gasteiger partial charge in [0.25, 0.3) is 0 Å². The Balaban J connectivity index is 1.32. The van der Waals surface area contributed by atoms with Gasteiger partial charge in [0.2, 0.25) is 11.8 Å². The molecule has 2 aliphatic rings. The van der Waals surface area contributed by atoms with Crippen molar-refractivity contribution in [3.63, 3.8) is 0 Å². The quantitative estimate of drug-likeness (QED) is 0.568. The number of fused-ring (bicyclic) bond motifs is 1. The van der Waals surface area contributed by atoms with Crippen LogP contribution in [0, 0.1) is 11.3 Å². The van der Waals surface area contributed by atoms with E-state index in [1.165, 1.54) is 6.42 Å². The smallest absolute Gasteiger partial charge is 0.238 e. The van der Waals surface area contributed by atoms with Crippen molar-refractivity contribution in [3.05, 3.63) is 66.4 Å². The molecule has 5 rings (SSSR count). The first-order valence-electron chi connectivity index (χ1n) is 11.6. The maximum Gasteiger partial charge on any atom is 0.238 e. The summed E-state index contributed by atoms with van der Waals surface area (Å²) in [5.74, 6) is 0.805. The van der Waals surface area contributed by atoms with Gasteiger partial charge in [0.15, 0.2) is 0 Å². The van der Waals surface area contributed by atoms with Gasteiger partial charge in [0.05, 0.1) is 11.8 Å². The second-order valence-electron chi connectivity index (χ2n) is 9.02. The molecule has 2 heterocycles. The van der Waals surface area contributed by atoms with Crippen molar-refractivity contribution in [2.75, 3.05) is 23.8 Å². The minimum absolute atomic E-state index is 0.108. The fraction of sp³-hybridized carbons (Fsp3) is 0.333. The fourth-order valence-corrected chi connectivity index (χ4v) is 5.22. The van der Waals surface area contributed by atoms with Gasteiger partial charge in [-0.2, -0.15) is 0 Å². The van der Waals surface area contributed by atoms with Gasteiger partial charge in [0.1, 0.15) is 5.82 Å². The zero-order valence-corrected chi connectivity index (χ0v) is 18.8. The molecule has 6 heteroatoms. The predicted molar refractivity (Wildman–Crippen MR) is 132 cm³/mol. The molecule has 2 aromatic carbocycles. The van der Waals surface area contributed by atoms with Crippen LogP contribution in [0.2, 0.25) is 0 Å². The summed E-state index contributed by atoms with van der Waals surface area (Å²) in [4.78, 5) is 36.7. The molecule has 1 saturated carbocycles. The Bertz CT molecular complexity index is 1230. The summed E-state index contributed by atoms with van der Waals surface area (Å²) in [6, 6.07) is 17.7. The maximum absolute atomic E-state index is 13.5. The van der Waals surface area contributed by atoms with Crippen molar-refractivity contribution in [2.24, 2.45) is 16.3 Å². The van der Waals surface area contributed by atoms with Crippen LogP contribution in [-0.2, 0) is 16.0 Å². The Morgan fingerprint density at radius 2 is 2.03 bits per heavy atom. The molecule has 1 aliphatic carbocycles. The van der Waals surface area contributed by atoms with Crippen molar-refractivity contribution >= 4 is 40.3 Å². The van der Waals surface area contributed by atoms with E-state index in [4.69, 9.17) is 0 Å². The molecule has 6 nitrogen and oxygen atoms in total. The van der Waals surface area contributed by atoms with E-state index in [0.29, 0.717) is 18.3 Å². The first-order valence-corrected chi connectivity index (χ1v) is 11.6. The van der Waals surface area contributed by atoms with Crippen molar-refractivity contribution < 1.29 is 9.59 Å². The molecule has 0 spiro atoms. The molecule has 2 amide bonds. The van der Waals surface area contributed by atoms with Crippen LogP contribution >= 0.6 is 0 Å². The monoisotopic (exact) mass is 440 g/mol. The van der Waals surface area contributed by atoms with E-state index in [-0.39, 0.29) is 18.2 Å². The highest BCUT2D eigenvalue weighted by Crippen LogP contribution is 2.48. The lowest BCUT2D eigenvalue weighted by atomic mass is 9.65. The Morgan fingerprint density at radius 1 is 1.21 bits per heavy atom. The summed E-state index contributed by atoms with van der Waals surface area (Å²) in [6.07, 6.45) is 7.89. The fourth-order valence-electron chi connectivity index (χ4n) is 5.22. The number of anilines is 2. The van der Waals surface area contributed by atoms with Gasteiger partial charge >= 0.3 is 0 Å². The van der Waals surface area contributed by atoms with Crippen molar-refractivity contribution in [2.45, 2.75) is 32.1 Å². The van der Waals surface area contributed by atoms with E-state index in [0.717, 1.165) is 41.3 Å². The average Bonchev–Trinajstić information content (AvgIpc) is 3.09. The van der Waals surface area contributed by atoms with E-state index in [1.807, 2.05) is 59.6 Å². The zero-order valence-electron chi connectivity index (χ0n) is 18.8. The average molecular weight is 441 g/mol. The van der Waals surface area contributed by atoms with Gasteiger partial charge in [-0.3, -0.25) is 14.6 Å². The van der Waals surface area contributed by atoms with Gasteiger partial charge in [0, 0.05) is 37.8 Å². The summed E-state index contributed by atoms with van der Waals surface area (Å²) >= 11 is 0. The summed E-state index contributed by atoms with van der Waals surface area (Å²) < 4.78 is 0. The molecule has 168 valence electrons. The van der Waals surface area contributed by atoms with Crippen LogP contribution in [0.25, 0.3) is 10.8 Å². The van der Waals surface area contributed by atoms with Crippen LogP contribution in [0.3, 0.4) is 0 Å².